The number of ether oxygens (including phenoxy) is 1. The number of carbonyl (C=O) groups excluding carboxylic acids is 1. The van der Waals surface area contributed by atoms with Crippen LogP contribution in [0.5, 0.6) is 5.75 Å². The SMILES string of the molecule is O=Cc1c(F)cnc(CF)c1OC(F)(F)F. The van der Waals surface area contributed by atoms with Crippen LogP contribution in [-0.4, -0.2) is 17.6 Å². The predicted molar refractivity (Wildman–Crippen MR) is 41.1 cm³/mol. The minimum atomic E-state index is -5.16. The molecule has 0 aliphatic carbocycles. The molecule has 16 heavy (non-hydrogen) atoms. The highest BCUT2D eigenvalue weighted by atomic mass is 19.4. The Balaban J connectivity index is 3.31. The van der Waals surface area contributed by atoms with E-state index in [4.69, 9.17) is 0 Å². The van der Waals surface area contributed by atoms with Gasteiger partial charge in [0.05, 0.1) is 11.8 Å². The number of hydrogen-bond acceptors (Lipinski definition) is 3. The Morgan fingerprint density at radius 3 is 2.50 bits per heavy atom. The molecule has 1 aromatic heterocycles. The molecule has 0 fully saturated rings. The molecular formula is C8H4F5NO2. The normalized spacial score (nSPS) is 11.3. The van der Waals surface area contributed by atoms with Gasteiger partial charge in [0.1, 0.15) is 12.4 Å². The quantitative estimate of drug-likeness (QED) is 0.602. The maximum Gasteiger partial charge on any atom is 0.573 e. The fourth-order valence-electron chi connectivity index (χ4n) is 0.961. The van der Waals surface area contributed by atoms with E-state index in [1.165, 1.54) is 0 Å². The van der Waals surface area contributed by atoms with E-state index in [1.54, 1.807) is 0 Å². The largest absolute Gasteiger partial charge is 0.573 e. The number of pyridine rings is 1. The van der Waals surface area contributed by atoms with Gasteiger partial charge in [-0.1, -0.05) is 0 Å². The number of nitrogens with zero attached hydrogens (tertiary/aromatic N) is 1. The first-order valence-corrected chi connectivity index (χ1v) is 3.83. The molecule has 0 unspecified atom stereocenters. The molecule has 0 radical (unpaired) electrons. The van der Waals surface area contributed by atoms with Gasteiger partial charge in [0.25, 0.3) is 0 Å². The van der Waals surface area contributed by atoms with Crippen LogP contribution in [0.25, 0.3) is 0 Å². The van der Waals surface area contributed by atoms with Crippen molar-refractivity contribution in [2.75, 3.05) is 0 Å². The highest BCUT2D eigenvalue weighted by molar-refractivity contribution is 5.80. The Labute approximate surface area is 85.8 Å². The fourth-order valence-corrected chi connectivity index (χ4v) is 0.961. The molecule has 0 spiro atoms. The number of rotatable bonds is 3. The summed E-state index contributed by atoms with van der Waals surface area (Å²) >= 11 is 0. The number of hydrogen-bond donors (Lipinski definition) is 0. The van der Waals surface area contributed by atoms with Gasteiger partial charge in [0, 0.05) is 0 Å². The summed E-state index contributed by atoms with van der Waals surface area (Å²) < 4.78 is 64.2. The molecule has 88 valence electrons. The second kappa shape index (κ2) is 4.42. The van der Waals surface area contributed by atoms with Crippen LogP contribution in [0, 0.1) is 5.82 Å². The first kappa shape index (κ1) is 12.3. The molecule has 1 aromatic rings. The summed E-state index contributed by atoms with van der Waals surface area (Å²) in [5.41, 5.74) is -1.80. The summed E-state index contributed by atoms with van der Waals surface area (Å²) in [4.78, 5) is 13.4. The van der Waals surface area contributed by atoms with Gasteiger partial charge >= 0.3 is 6.36 Å². The van der Waals surface area contributed by atoms with E-state index in [-0.39, 0.29) is 6.29 Å². The number of halogens is 5. The van der Waals surface area contributed by atoms with Crippen molar-refractivity contribution in [3.63, 3.8) is 0 Å². The second-order valence-electron chi connectivity index (χ2n) is 2.59. The number of alkyl halides is 4. The molecule has 0 aliphatic heterocycles. The van der Waals surface area contributed by atoms with Gasteiger partial charge < -0.3 is 4.74 Å². The predicted octanol–water partition coefficient (Wildman–Crippen LogP) is 2.40. The molecule has 0 atom stereocenters. The van der Waals surface area contributed by atoms with Crippen molar-refractivity contribution in [1.82, 2.24) is 4.98 Å². The van der Waals surface area contributed by atoms with Crippen LogP contribution in [-0.2, 0) is 6.67 Å². The van der Waals surface area contributed by atoms with Crippen molar-refractivity contribution < 1.29 is 31.5 Å². The maximum absolute atomic E-state index is 12.9. The summed E-state index contributed by atoms with van der Waals surface area (Å²) in [5, 5.41) is 0. The zero-order valence-electron chi connectivity index (χ0n) is 7.52. The van der Waals surface area contributed by atoms with Crippen LogP contribution in [0.2, 0.25) is 0 Å². The lowest BCUT2D eigenvalue weighted by molar-refractivity contribution is -0.275. The van der Waals surface area contributed by atoms with Gasteiger partial charge in [-0.05, 0) is 0 Å². The van der Waals surface area contributed by atoms with Gasteiger partial charge in [-0.15, -0.1) is 13.2 Å². The van der Waals surface area contributed by atoms with E-state index < -0.39 is 35.9 Å². The van der Waals surface area contributed by atoms with Gasteiger partial charge in [0.2, 0.25) is 0 Å². The van der Waals surface area contributed by atoms with Crippen LogP contribution in [0.1, 0.15) is 16.1 Å². The summed E-state index contributed by atoms with van der Waals surface area (Å²) in [6.45, 7) is -1.41. The van der Waals surface area contributed by atoms with Crippen LogP contribution in [0.4, 0.5) is 22.0 Å². The molecule has 0 aliphatic rings. The average molecular weight is 241 g/mol. The van der Waals surface area contributed by atoms with E-state index in [9.17, 15) is 26.7 Å². The van der Waals surface area contributed by atoms with Crippen LogP contribution < -0.4 is 4.74 Å². The average Bonchev–Trinajstić information content (AvgIpc) is 2.16. The van der Waals surface area contributed by atoms with Gasteiger partial charge in [0.15, 0.2) is 17.9 Å². The minimum absolute atomic E-state index is 0.197. The highest BCUT2D eigenvalue weighted by Gasteiger charge is 2.34. The lowest BCUT2D eigenvalue weighted by atomic mass is 10.2. The lowest BCUT2D eigenvalue weighted by Gasteiger charge is -2.13. The third-order valence-corrected chi connectivity index (χ3v) is 1.56. The Bertz CT molecular complexity index is 404. The van der Waals surface area contributed by atoms with Crippen molar-refractivity contribution in [2.45, 2.75) is 13.0 Å². The first-order valence-electron chi connectivity index (χ1n) is 3.83. The first-order chi connectivity index (χ1) is 7.39. The minimum Gasteiger partial charge on any atom is -0.403 e. The van der Waals surface area contributed by atoms with Crippen LogP contribution in [0.3, 0.4) is 0 Å². The van der Waals surface area contributed by atoms with Crippen molar-refractivity contribution >= 4 is 6.29 Å². The second-order valence-corrected chi connectivity index (χ2v) is 2.59. The smallest absolute Gasteiger partial charge is 0.403 e. The third-order valence-electron chi connectivity index (χ3n) is 1.56. The zero-order valence-corrected chi connectivity index (χ0v) is 7.52. The van der Waals surface area contributed by atoms with Crippen LogP contribution in [0.15, 0.2) is 6.20 Å². The molecule has 0 N–H and O–H groups in total. The number of carbonyl (C=O) groups is 1. The molecule has 0 saturated carbocycles. The zero-order chi connectivity index (χ0) is 12.3. The number of aromatic nitrogens is 1. The van der Waals surface area contributed by atoms with E-state index in [1.807, 2.05) is 0 Å². The van der Waals surface area contributed by atoms with Crippen molar-refractivity contribution in [3.05, 3.63) is 23.3 Å². The Morgan fingerprint density at radius 1 is 1.44 bits per heavy atom. The molecule has 8 heteroatoms. The summed E-state index contributed by atoms with van der Waals surface area (Å²) in [7, 11) is 0. The molecule has 0 bridgehead atoms. The van der Waals surface area contributed by atoms with Gasteiger partial charge in [-0.2, -0.15) is 0 Å². The topological polar surface area (TPSA) is 39.2 Å². The summed E-state index contributed by atoms with van der Waals surface area (Å²) in [6.07, 6.45) is -4.91. The molecule has 1 heterocycles. The molecule has 0 aromatic carbocycles. The van der Waals surface area contributed by atoms with Gasteiger partial charge in [-0.3, -0.25) is 9.78 Å². The Morgan fingerprint density at radius 2 is 2.06 bits per heavy atom. The van der Waals surface area contributed by atoms with E-state index in [0.717, 1.165) is 0 Å². The fraction of sp³-hybridized carbons (Fsp3) is 0.250. The van der Waals surface area contributed by atoms with Crippen molar-refractivity contribution in [2.24, 2.45) is 0 Å². The molecule has 3 nitrogen and oxygen atoms in total. The summed E-state index contributed by atoms with van der Waals surface area (Å²) in [5.74, 6) is -2.56. The molecule has 1 rings (SSSR count). The van der Waals surface area contributed by atoms with E-state index >= 15 is 0 Å². The van der Waals surface area contributed by atoms with Gasteiger partial charge in [-0.25, -0.2) is 8.78 Å². The van der Waals surface area contributed by atoms with Crippen molar-refractivity contribution in [3.8, 4) is 5.75 Å². The number of aldehydes is 1. The molecule has 0 amide bonds. The van der Waals surface area contributed by atoms with E-state index in [2.05, 4.69) is 9.72 Å². The van der Waals surface area contributed by atoms with Crippen LogP contribution >= 0.6 is 0 Å². The Kier molecular flexibility index (Phi) is 3.41. The van der Waals surface area contributed by atoms with E-state index in [0.29, 0.717) is 6.20 Å². The Hall–Kier alpha value is -1.73. The maximum atomic E-state index is 12.9. The molecular weight excluding hydrogens is 237 g/mol. The molecule has 0 saturated heterocycles. The highest BCUT2D eigenvalue weighted by Crippen LogP contribution is 2.30. The monoisotopic (exact) mass is 241 g/mol. The third kappa shape index (κ3) is 2.65. The summed E-state index contributed by atoms with van der Waals surface area (Å²) in [6, 6.07) is 0. The van der Waals surface area contributed by atoms with Crippen molar-refractivity contribution in [1.29, 1.82) is 0 Å². The lowest BCUT2D eigenvalue weighted by Crippen LogP contribution is -2.20. The standard InChI is InChI=1S/C8H4F5NO2/c9-1-6-7(16-8(11,12)13)4(3-15)5(10)2-14-6/h2-3H,1H2.